The Bertz CT molecular complexity index is 1550. The average Bonchev–Trinajstić information content (AvgIpc) is 3.66. The third kappa shape index (κ3) is 4.79. The molecular weight excluding hydrogens is 560 g/mol. The molecule has 2 aromatic heterocycles. The van der Waals surface area contributed by atoms with Gasteiger partial charge in [-0.2, -0.15) is 0 Å². The molecule has 238 valence electrons. The number of allylic oxidation sites excluding steroid dienone is 2. The lowest BCUT2D eigenvalue weighted by Crippen LogP contribution is -2.59. The van der Waals surface area contributed by atoms with Gasteiger partial charge in [-0.15, -0.1) is 0 Å². The van der Waals surface area contributed by atoms with Crippen molar-refractivity contribution in [1.82, 2.24) is 9.97 Å². The van der Waals surface area contributed by atoms with E-state index in [-0.39, 0.29) is 12.2 Å². The van der Waals surface area contributed by atoms with E-state index >= 15 is 0 Å². The molecule has 12 rings (SSSR count). The first kappa shape index (κ1) is 28.5. The van der Waals surface area contributed by atoms with Gasteiger partial charge in [-0.05, 0) is 112 Å². The molecule has 2 heterocycles. The minimum absolute atomic E-state index is 0.0189. The van der Waals surface area contributed by atoms with Gasteiger partial charge in [-0.1, -0.05) is 24.3 Å². The molecule has 7 heteroatoms. The van der Waals surface area contributed by atoms with E-state index in [0.717, 1.165) is 85.7 Å². The number of fused-ring (bicyclic) bond motifs is 2. The molecule has 0 amide bonds. The van der Waals surface area contributed by atoms with Crippen molar-refractivity contribution >= 4 is 23.5 Å². The van der Waals surface area contributed by atoms with Crippen LogP contribution in [0.4, 0.5) is 11.4 Å². The number of aliphatic hydroxyl groups is 3. The lowest BCUT2D eigenvalue weighted by molar-refractivity contribution is -0.129. The van der Waals surface area contributed by atoms with E-state index in [4.69, 9.17) is 0 Å². The smallest absolute Gasteiger partial charge is 0.0717 e. The standard InChI is InChI=1S/C19H24N2O2.C19H24N2O/c22-10-14-9-20-16-3-1-2-15(16)18(14)21-17-12-4-11-5-13(17)8-19(23,6-11)7-12;1-11-10-20-16-4-2-3-15(16)17(11)21-18-13-5-12-6-14(18)9-19(22,7-12)8-13/h1-2,9,11-13,17,22-23H,3-8,10H2,(H,20,21);2-3,10,12-14,18,22H,4-9H2,1H3,(H,20,21)/t11?,12-,13+,17?,19?;12?,13-,14+,18?,19?. The summed E-state index contributed by atoms with van der Waals surface area (Å²) in [7, 11) is 0. The number of pyridine rings is 2. The fourth-order valence-corrected chi connectivity index (χ4v) is 11.8. The Morgan fingerprint density at radius 2 is 1.16 bits per heavy atom. The van der Waals surface area contributed by atoms with Crippen molar-refractivity contribution in [3.8, 4) is 0 Å². The van der Waals surface area contributed by atoms with Gasteiger partial charge in [-0.25, -0.2) is 0 Å². The van der Waals surface area contributed by atoms with Crippen molar-refractivity contribution in [3.05, 3.63) is 58.2 Å². The molecular formula is C38H48N4O3. The highest BCUT2D eigenvalue weighted by Gasteiger charge is 2.56. The highest BCUT2D eigenvalue weighted by Crippen LogP contribution is 2.58. The number of aryl methyl sites for hydroxylation is 1. The molecule has 10 atom stereocenters. The number of hydrogen-bond acceptors (Lipinski definition) is 7. The van der Waals surface area contributed by atoms with E-state index in [1.165, 1.54) is 48.2 Å². The minimum atomic E-state index is -0.394. The van der Waals surface area contributed by atoms with Gasteiger partial charge in [0.15, 0.2) is 0 Å². The molecule has 0 radical (unpaired) electrons. The molecule has 8 bridgehead atoms. The molecule has 10 aliphatic carbocycles. The SMILES string of the molecule is Cc1cnc2c(c1NC1[C@@H]3CC4C[C@H]1CC(O)(C4)C3)C=CC2.OCc1cnc2c(c1NC1[C@@H]3CC4C[C@H]1CC(O)(C4)C3)C=CC2. The first-order valence-corrected chi connectivity index (χ1v) is 17.7. The van der Waals surface area contributed by atoms with Crippen LogP contribution in [-0.2, 0) is 19.4 Å². The lowest BCUT2D eigenvalue weighted by Gasteiger charge is -2.58. The molecule has 0 aliphatic heterocycles. The monoisotopic (exact) mass is 608 g/mol. The molecule has 8 fully saturated rings. The van der Waals surface area contributed by atoms with Crippen LogP contribution in [-0.4, -0.2) is 48.6 Å². The van der Waals surface area contributed by atoms with Gasteiger partial charge in [0.05, 0.1) is 34.9 Å². The van der Waals surface area contributed by atoms with Gasteiger partial charge >= 0.3 is 0 Å². The van der Waals surface area contributed by atoms with Crippen LogP contribution in [0.2, 0.25) is 0 Å². The normalized spacial score (nSPS) is 40.4. The van der Waals surface area contributed by atoms with Gasteiger partial charge in [0, 0.05) is 59.7 Å². The molecule has 0 spiro atoms. The zero-order valence-electron chi connectivity index (χ0n) is 26.5. The van der Waals surface area contributed by atoms with Crippen LogP contribution < -0.4 is 10.6 Å². The topological polar surface area (TPSA) is 111 Å². The Morgan fingerprint density at radius 3 is 1.64 bits per heavy atom. The van der Waals surface area contributed by atoms with Crippen LogP contribution in [0.3, 0.4) is 0 Å². The number of rotatable bonds is 5. The van der Waals surface area contributed by atoms with Crippen LogP contribution in [0.15, 0.2) is 24.5 Å². The first-order valence-electron chi connectivity index (χ1n) is 17.7. The predicted molar refractivity (Wildman–Crippen MR) is 176 cm³/mol. The maximum atomic E-state index is 10.8. The van der Waals surface area contributed by atoms with Gasteiger partial charge in [0.2, 0.25) is 0 Å². The summed E-state index contributed by atoms with van der Waals surface area (Å²) in [5.41, 5.74) is 8.54. The van der Waals surface area contributed by atoms with E-state index in [0.29, 0.717) is 35.8 Å². The summed E-state index contributed by atoms with van der Waals surface area (Å²) < 4.78 is 0. The summed E-state index contributed by atoms with van der Waals surface area (Å²) in [5, 5.41) is 38.9. The molecule has 8 saturated carbocycles. The lowest BCUT2D eigenvalue weighted by atomic mass is 9.52. The van der Waals surface area contributed by atoms with Crippen LogP contribution in [0.25, 0.3) is 12.2 Å². The third-order valence-corrected chi connectivity index (χ3v) is 13.1. The molecule has 6 unspecified atom stereocenters. The number of nitrogens with one attached hydrogen (secondary N) is 2. The Hall–Kier alpha value is -2.74. The highest BCUT2D eigenvalue weighted by molar-refractivity contribution is 5.75. The second-order valence-electron chi connectivity index (χ2n) is 16.3. The summed E-state index contributed by atoms with van der Waals surface area (Å²) in [4.78, 5) is 9.06. The predicted octanol–water partition coefficient (Wildman–Crippen LogP) is 5.81. The van der Waals surface area contributed by atoms with Crippen LogP contribution >= 0.6 is 0 Å². The van der Waals surface area contributed by atoms with Crippen LogP contribution in [0, 0.1) is 42.4 Å². The van der Waals surface area contributed by atoms with Gasteiger partial charge in [0.25, 0.3) is 0 Å². The molecule has 0 aromatic carbocycles. The fourth-order valence-electron chi connectivity index (χ4n) is 11.8. The number of hydrogen-bond donors (Lipinski definition) is 5. The van der Waals surface area contributed by atoms with Crippen molar-refractivity contribution in [2.45, 2.75) is 114 Å². The first-order chi connectivity index (χ1) is 21.8. The van der Waals surface area contributed by atoms with E-state index in [1.807, 2.05) is 12.4 Å². The molecule has 7 nitrogen and oxygen atoms in total. The Labute approximate surface area is 266 Å². The molecule has 5 N–H and O–H groups in total. The second-order valence-corrected chi connectivity index (χ2v) is 16.3. The van der Waals surface area contributed by atoms with Gasteiger partial charge < -0.3 is 26.0 Å². The Kier molecular flexibility index (Phi) is 6.57. The zero-order chi connectivity index (χ0) is 30.5. The quantitative estimate of drug-likeness (QED) is 0.292. The molecule has 0 saturated heterocycles. The Morgan fingerprint density at radius 1 is 0.689 bits per heavy atom. The summed E-state index contributed by atoms with van der Waals surface area (Å²) in [6.45, 7) is 2.18. The molecule has 2 aromatic rings. The number of nitrogens with zero attached hydrogens (tertiary/aromatic N) is 2. The number of aromatic nitrogens is 2. The average molecular weight is 609 g/mol. The van der Waals surface area contributed by atoms with Crippen LogP contribution in [0.5, 0.6) is 0 Å². The van der Waals surface area contributed by atoms with E-state index in [9.17, 15) is 15.3 Å². The second kappa shape index (κ2) is 10.4. The van der Waals surface area contributed by atoms with Crippen molar-refractivity contribution in [3.63, 3.8) is 0 Å². The van der Waals surface area contributed by atoms with Gasteiger partial charge in [-0.3, -0.25) is 9.97 Å². The number of anilines is 2. The van der Waals surface area contributed by atoms with Crippen molar-refractivity contribution in [1.29, 1.82) is 0 Å². The minimum Gasteiger partial charge on any atom is -0.392 e. The van der Waals surface area contributed by atoms with E-state index in [2.05, 4.69) is 51.8 Å². The summed E-state index contributed by atoms with van der Waals surface area (Å²) in [5.74, 6) is 3.90. The largest absolute Gasteiger partial charge is 0.392 e. The highest BCUT2D eigenvalue weighted by atomic mass is 16.3. The summed E-state index contributed by atoms with van der Waals surface area (Å²) >= 11 is 0. The van der Waals surface area contributed by atoms with E-state index in [1.54, 1.807) is 0 Å². The van der Waals surface area contributed by atoms with Crippen molar-refractivity contribution < 1.29 is 15.3 Å². The zero-order valence-corrected chi connectivity index (χ0v) is 26.5. The molecule has 10 aliphatic rings. The maximum absolute atomic E-state index is 10.8. The third-order valence-electron chi connectivity index (χ3n) is 13.1. The van der Waals surface area contributed by atoms with Gasteiger partial charge in [0.1, 0.15) is 0 Å². The summed E-state index contributed by atoms with van der Waals surface area (Å²) in [6, 6.07) is 0.966. The van der Waals surface area contributed by atoms with Crippen molar-refractivity contribution in [2.24, 2.45) is 35.5 Å². The summed E-state index contributed by atoms with van der Waals surface area (Å²) in [6.07, 6.45) is 25.4. The number of aliphatic hydroxyl groups excluding tert-OH is 1. The van der Waals surface area contributed by atoms with Crippen molar-refractivity contribution in [2.75, 3.05) is 10.6 Å². The maximum Gasteiger partial charge on any atom is 0.0717 e. The fraction of sp³-hybridized carbons (Fsp3) is 0.632. The molecule has 45 heavy (non-hydrogen) atoms. The van der Waals surface area contributed by atoms with E-state index < -0.39 is 5.60 Å². The Balaban J connectivity index is 0.000000125. The van der Waals surface area contributed by atoms with Crippen LogP contribution in [0.1, 0.15) is 97.8 Å².